The van der Waals surface area contributed by atoms with Crippen LogP contribution in [0.3, 0.4) is 0 Å². The molecule has 0 aliphatic heterocycles. The zero-order valence-corrected chi connectivity index (χ0v) is 26.2. The van der Waals surface area contributed by atoms with Crippen LogP contribution in [0.4, 0.5) is 11.4 Å². The summed E-state index contributed by atoms with van der Waals surface area (Å²) >= 11 is 0. The molecule has 4 aromatic rings. The maximum absolute atomic E-state index is 9.41. The van der Waals surface area contributed by atoms with Crippen LogP contribution in [0.2, 0.25) is 0 Å². The maximum Gasteiger partial charge on any atom is 0.115 e. The number of nitrogens with one attached hydrogen (secondary N) is 1. The van der Waals surface area contributed by atoms with E-state index in [0.29, 0.717) is 5.71 Å². The normalized spacial score (nSPS) is 12.8. The molecule has 1 aliphatic rings. The van der Waals surface area contributed by atoms with Crippen molar-refractivity contribution in [1.82, 2.24) is 0 Å². The number of phenolic OH excluding ortho intramolecular Hbond substituents is 2. The fourth-order valence-electron chi connectivity index (χ4n) is 5.13. The number of nitrogen functional groups attached to an aromatic ring is 2. The van der Waals surface area contributed by atoms with Crippen LogP contribution < -0.4 is 11.5 Å². The van der Waals surface area contributed by atoms with Crippen LogP contribution in [0.5, 0.6) is 11.5 Å². The van der Waals surface area contributed by atoms with Crippen LogP contribution in [0.15, 0.2) is 126 Å². The summed E-state index contributed by atoms with van der Waals surface area (Å²) in [7, 11) is 0. The highest BCUT2D eigenvalue weighted by Gasteiger charge is 2.13. The Morgan fingerprint density at radius 1 is 0.591 bits per heavy atom. The molecule has 0 aromatic heterocycles. The third-order valence-corrected chi connectivity index (χ3v) is 7.42. The van der Waals surface area contributed by atoms with Crippen LogP contribution >= 0.6 is 12.4 Å². The van der Waals surface area contributed by atoms with Crippen LogP contribution in [0, 0.1) is 5.41 Å². The van der Waals surface area contributed by atoms with Crippen molar-refractivity contribution in [2.24, 2.45) is 0 Å². The molecule has 0 amide bonds. The van der Waals surface area contributed by atoms with Crippen molar-refractivity contribution < 1.29 is 10.2 Å². The highest BCUT2D eigenvalue weighted by Crippen LogP contribution is 2.33. The first-order valence-electron chi connectivity index (χ1n) is 14.4. The van der Waals surface area contributed by atoms with Crippen molar-refractivity contribution >= 4 is 46.2 Å². The van der Waals surface area contributed by atoms with Gasteiger partial charge in [-0.2, -0.15) is 0 Å². The number of aromatic hydroxyl groups is 2. The number of nitrogens with two attached hydrogens (primary N) is 2. The first kappa shape index (κ1) is 33.5. The molecule has 7 N–H and O–H groups in total. The molecule has 6 heteroatoms. The lowest BCUT2D eigenvalue weighted by atomic mass is 9.89. The molecular formula is C38H40ClN3O2. The maximum atomic E-state index is 9.41. The SMILES string of the molecule is CC/C(=C(/CC)c1ccc(O)cc1)c1ccc(O)cc1.CC1=CC(=C(c2ccc(N)cc2)c2ccc(N)cc2)C=CC1=N.Cl. The van der Waals surface area contributed by atoms with Crippen molar-refractivity contribution in [2.75, 3.05) is 11.5 Å². The molecule has 44 heavy (non-hydrogen) atoms. The fourth-order valence-corrected chi connectivity index (χ4v) is 5.13. The predicted molar refractivity (Wildman–Crippen MR) is 189 cm³/mol. The number of phenols is 2. The molecule has 4 aromatic carbocycles. The quantitative estimate of drug-likeness (QED) is 0.111. The molecule has 0 spiro atoms. The van der Waals surface area contributed by atoms with Crippen molar-refractivity contribution in [3.63, 3.8) is 0 Å². The van der Waals surface area contributed by atoms with E-state index in [4.69, 9.17) is 16.9 Å². The largest absolute Gasteiger partial charge is 0.508 e. The molecule has 1 aliphatic carbocycles. The van der Waals surface area contributed by atoms with Gasteiger partial charge in [0.2, 0.25) is 0 Å². The van der Waals surface area contributed by atoms with Gasteiger partial charge in [-0.15, -0.1) is 12.4 Å². The zero-order valence-electron chi connectivity index (χ0n) is 25.3. The summed E-state index contributed by atoms with van der Waals surface area (Å²) in [5, 5.41) is 26.7. The fraction of sp³-hybridized carbons (Fsp3) is 0.132. The van der Waals surface area contributed by atoms with E-state index in [2.05, 4.69) is 13.8 Å². The highest BCUT2D eigenvalue weighted by molar-refractivity contribution is 6.08. The first-order chi connectivity index (χ1) is 20.7. The van der Waals surface area contributed by atoms with Gasteiger partial charge in [-0.05, 0) is 131 Å². The van der Waals surface area contributed by atoms with E-state index in [-0.39, 0.29) is 23.9 Å². The Bertz CT molecular complexity index is 1590. The highest BCUT2D eigenvalue weighted by atomic mass is 35.5. The standard InChI is InChI=1S/C20H19N3.C18H20O2.ClH/c1-13-12-16(6-11-19(13)23)20(14-2-7-17(21)8-3-14)15-4-9-18(22)10-5-15;1-3-17(13-5-9-15(19)10-6-13)18(4-2)14-7-11-16(20)12-8-14;/h2-12,23H,21-22H2,1H3;5-12,19-20H,3-4H2,1-2H3;1H/b;18-17+;. The molecule has 5 nitrogen and oxygen atoms in total. The number of halogens is 1. The number of anilines is 2. The van der Waals surface area contributed by atoms with E-state index in [1.165, 1.54) is 11.1 Å². The van der Waals surface area contributed by atoms with Crippen LogP contribution in [-0.4, -0.2) is 15.9 Å². The lowest BCUT2D eigenvalue weighted by molar-refractivity contribution is 0.474. The van der Waals surface area contributed by atoms with Gasteiger partial charge in [0.25, 0.3) is 0 Å². The number of rotatable bonds is 6. The molecule has 0 fully saturated rings. The second kappa shape index (κ2) is 15.5. The van der Waals surface area contributed by atoms with Gasteiger partial charge >= 0.3 is 0 Å². The molecule has 0 bridgehead atoms. The van der Waals surface area contributed by atoms with E-state index < -0.39 is 0 Å². The average molecular weight is 606 g/mol. The molecule has 226 valence electrons. The Morgan fingerprint density at radius 2 is 0.955 bits per heavy atom. The topological polar surface area (TPSA) is 116 Å². The molecule has 0 heterocycles. The van der Waals surface area contributed by atoms with E-state index in [1.807, 2.05) is 97.9 Å². The molecule has 0 atom stereocenters. The Balaban J connectivity index is 0.000000238. The summed E-state index contributed by atoms with van der Waals surface area (Å²) in [6.45, 7) is 6.23. The van der Waals surface area contributed by atoms with Gasteiger partial charge < -0.3 is 27.1 Å². The van der Waals surface area contributed by atoms with Crippen LogP contribution in [0.25, 0.3) is 16.7 Å². The van der Waals surface area contributed by atoms with Gasteiger partial charge in [-0.1, -0.05) is 68.5 Å². The van der Waals surface area contributed by atoms with Crippen molar-refractivity contribution in [1.29, 1.82) is 5.41 Å². The summed E-state index contributed by atoms with van der Waals surface area (Å²) < 4.78 is 0. The van der Waals surface area contributed by atoms with E-state index in [9.17, 15) is 10.2 Å². The predicted octanol–water partition coefficient (Wildman–Crippen LogP) is 9.44. The van der Waals surface area contributed by atoms with Gasteiger partial charge in [0.1, 0.15) is 11.5 Å². The van der Waals surface area contributed by atoms with Crippen molar-refractivity contribution in [3.8, 4) is 11.5 Å². The minimum atomic E-state index is 0. The minimum absolute atomic E-state index is 0. The Morgan fingerprint density at radius 3 is 1.30 bits per heavy atom. The smallest absolute Gasteiger partial charge is 0.115 e. The summed E-state index contributed by atoms with van der Waals surface area (Å²) in [5.74, 6) is 0.568. The van der Waals surface area contributed by atoms with Crippen LogP contribution in [0.1, 0.15) is 55.9 Å². The molecule has 0 radical (unpaired) electrons. The monoisotopic (exact) mass is 605 g/mol. The minimum Gasteiger partial charge on any atom is -0.508 e. The van der Waals surface area contributed by atoms with Crippen molar-refractivity contribution in [2.45, 2.75) is 33.6 Å². The number of allylic oxidation sites excluding steroid dienone is 7. The van der Waals surface area contributed by atoms with Crippen molar-refractivity contribution in [3.05, 3.63) is 149 Å². The Labute approximate surface area is 266 Å². The zero-order chi connectivity index (χ0) is 30.9. The summed E-state index contributed by atoms with van der Waals surface area (Å²) in [6.07, 6.45) is 7.71. The molecular weight excluding hydrogens is 566 g/mol. The second-order valence-electron chi connectivity index (χ2n) is 10.4. The summed E-state index contributed by atoms with van der Waals surface area (Å²) in [4.78, 5) is 0. The van der Waals surface area contributed by atoms with Gasteiger partial charge in [0.15, 0.2) is 0 Å². The lowest BCUT2D eigenvalue weighted by Crippen LogP contribution is -2.01. The Hall–Kier alpha value is -5.00. The molecule has 0 saturated carbocycles. The summed E-state index contributed by atoms with van der Waals surface area (Å²) in [6, 6.07) is 30.3. The van der Waals surface area contributed by atoms with E-state index in [0.717, 1.165) is 63.2 Å². The molecule has 0 unspecified atom stereocenters. The van der Waals surface area contributed by atoms with Crippen LogP contribution in [-0.2, 0) is 0 Å². The molecule has 5 rings (SSSR count). The first-order valence-corrected chi connectivity index (χ1v) is 14.4. The van der Waals surface area contributed by atoms with E-state index >= 15 is 0 Å². The molecule has 0 saturated heterocycles. The lowest BCUT2D eigenvalue weighted by Gasteiger charge is -2.16. The van der Waals surface area contributed by atoms with E-state index in [1.54, 1.807) is 24.3 Å². The average Bonchev–Trinajstić information content (AvgIpc) is 3.01. The third-order valence-electron chi connectivity index (χ3n) is 7.42. The number of hydrogen-bond donors (Lipinski definition) is 5. The Kier molecular flexibility index (Phi) is 11.8. The number of hydrogen-bond acceptors (Lipinski definition) is 5. The second-order valence-corrected chi connectivity index (χ2v) is 10.4. The summed E-state index contributed by atoms with van der Waals surface area (Å²) in [5.41, 5.74) is 23.8. The number of benzene rings is 4. The van der Waals surface area contributed by atoms with Gasteiger partial charge in [0, 0.05) is 11.4 Å². The van der Waals surface area contributed by atoms with Gasteiger partial charge in [-0.3, -0.25) is 0 Å². The van der Waals surface area contributed by atoms with Gasteiger partial charge in [0.05, 0.1) is 5.71 Å². The third kappa shape index (κ3) is 8.30. The van der Waals surface area contributed by atoms with Gasteiger partial charge in [-0.25, -0.2) is 0 Å².